The summed E-state index contributed by atoms with van der Waals surface area (Å²) in [6.45, 7) is 3.96. The number of nitrogens with two attached hydrogens (primary N) is 1. The average Bonchev–Trinajstić information content (AvgIpc) is 2.49. The van der Waals surface area contributed by atoms with Gasteiger partial charge in [-0.15, -0.1) is 0 Å². The predicted octanol–water partition coefficient (Wildman–Crippen LogP) is 2.28. The summed E-state index contributed by atoms with van der Waals surface area (Å²) in [5.41, 5.74) is 5.85. The lowest BCUT2D eigenvalue weighted by Gasteiger charge is -2.27. The monoisotopic (exact) mass is 316 g/mol. The molecule has 0 aromatic carbocycles. The molecule has 0 bridgehead atoms. The number of aromatic nitrogens is 2. The fourth-order valence-electron chi connectivity index (χ4n) is 3.22. The molecule has 4 N–H and O–H groups in total. The number of nitrogens with one attached hydrogen (secondary N) is 1. The van der Waals surface area contributed by atoms with Crippen molar-refractivity contribution >= 4 is 22.4 Å². The molecular formula is C17H24N4O2. The summed E-state index contributed by atoms with van der Waals surface area (Å²) in [6.07, 6.45) is 4.86. The van der Waals surface area contributed by atoms with Gasteiger partial charge in [0.15, 0.2) is 0 Å². The smallest absolute Gasteiger partial charge is 0.262 e. The van der Waals surface area contributed by atoms with Crippen LogP contribution >= 0.6 is 0 Å². The van der Waals surface area contributed by atoms with Crippen LogP contribution in [0.1, 0.15) is 45.6 Å². The maximum absolute atomic E-state index is 12.8. The van der Waals surface area contributed by atoms with Gasteiger partial charge in [-0.25, -0.2) is 4.98 Å². The molecule has 1 aliphatic carbocycles. The first kappa shape index (κ1) is 15.8. The Morgan fingerprint density at radius 1 is 1.35 bits per heavy atom. The van der Waals surface area contributed by atoms with Crippen LogP contribution < -0.4 is 16.6 Å². The molecule has 6 nitrogen and oxygen atoms in total. The van der Waals surface area contributed by atoms with Crippen LogP contribution in [0.5, 0.6) is 0 Å². The molecule has 0 aliphatic heterocycles. The van der Waals surface area contributed by atoms with E-state index in [1.54, 1.807) is 16.8 Å². The van der Waals surface area contributed by atoms with Crippen molar-refractivity contribution in [1.29, 1.82) is 0 Å². The van der Waals surface area contributed by atoms with Crippen molar-refractivity contribution in [3.8, 4) is 0 Å². The zero-order chi connectivity index (χ0) is 16.6. The Balaban J connectivity index is 2.04. The van der Waals surface area contributed by atoms with Crippen LogP contribution in [0.4, 0.5) is 11.6 Å². The van der Waals surface area contributed by atoms with E-state index in [1.807, 2.05) is 19.9 Å². The topological polar surface area (TPSA) is 93.2 Å². The molecule has 0 atom stereocenters. The Morgan fingerprint density at radius 3 is 2.70 bits per heavy atom. The molecule has 6 heteroatoms. The molecule has 1 saturated carbocycles. The first-order valence-electron chi connectivity index (χ1n) is 8.21. The van der Waals surface area contributed by atoms with E-state index in [2.05, 4.69) is 10.3 Å². The second kappa shape index (κ2) is 6.20. The van der Waals surface area contributed by atoms with Gasteiger partial charge in [0.1, 0.15) is 11.6 Å². The Kier molecular flexibility index (Phi) is 4.26. The van der Waals surface area contributed by atoms with Gasteiger partial charge in [0, 0.05) is 18.3 Å². The minimum Gasteiger partial charge on any atom is -0.393 e. The first-order chi connectivity index (χ1) is 11.0. The van der Waals surface area contributed by atoms with Gasteiger partial charge in [0.05, 0.1) is 11.5 Å². The fourth-order valence-corrected chi connectivity index (χ4v) is 3.22. The standard InChI is InChI=1S/C17H24N4O2/c1-10(2)21-8-7-11-9-14(18)20-16(15(11)17(21)23)19-12-3-5-13(22)6-4-12/h7-10,12-13,22H,3-6H2,1-2H3,(H3,18,19,20). The van der Waals surface area contributed by atoms with Crippen LogP contribution in [0, 0.1) is 0 Å². The van der Waals surface area contributed by atoms with E-state index in [1.165, 1.54) is 0 Å². The van der Waals surface area contributed by atoms with Crippen LogP contribution in [0.2, 0.25) is 0 Å². The summed E-state index contributed by atoms with van der Waals surface area (Å²) in [7, 11) is 0. The number of rotatable bonds is 3. The van der Waals surface area contributed by atoms with Gasteiger partial charge in [-0.3, -0.25) is 4.79 Å². The number of nitrogens with zero attached hydrogens (tertiary/aromatic N) is 2. The minimum absolute atomic E-state index is 0.0525. The summed E-state index contributed by atoms with van der Waals surface area (Å²) in [5, 5.41) is 14.4. The third-order valence-corrected chi connectivity index (χ3v) is 4.53. The zero-order valence-corrected chi connectivity index (χ0v) is 13.6. The first-order valence-corrected chi connectivity index (χ1v) is 8.21. The number of nitrogen functional groups attached to an aromatic ring is 1. The van der Waals surface area contributed by atoms with Crippen molar-refractivity contribution in [2.75, 3.05) is 11.1 Å². The highest BCUT2D eigenvalue weighted by atomic mass is 16.3. The maximum atomic E-state index is 12.8. The second-order valence-corrected chi connectivity index (χ2v) is 6.63. The van der Waals surface area contributed by atoms with Gasteiger partial charge >= 0.3 is 0 Å². The molecule has 124 valence electrons. The highest BCUT2D eigenvalue weighted by molar-refractivity contribution is 5.92. The number of hydrogen-bond donors (Lipinski definition) is 3. The van der Waals surface area contributed by atoms with E-state index < -0.39 is 0 Å². The number of aliphatic hydroxyl groups excluding tert-OH is 1. The Bertz CT molecular complexity index is 761. The summed E-state index contributed by atoms with van der Waals surface area (Å²) < 4.78 is 1.70. The molecule has 2 aromatic rings. The van der Waals surface area contributed by atoms with Crippen LogP contribution in [-0.4, -0.2) is 26.8 Å². The van der Waals surface area contributed by atoms with E-state index in [4.69, 9.17) is 5.73 Å². The van der Waals surface area contributed by atoms with E-state index >= 15 is 0 Å². The van der Waals surface area contributed by atoms with E-state index in [-0.39, 0.29) is 23.7 Å². The second-order valence-electron chi connectivity index (χ2n) is 6.63. The third kappa shape index (κ3) is 3.17. The van der Waals surface area contributed by atoms with Crippen molar-refractivity contribution in [3.63, 3.8) is 0 Å². The molecule has 1 aliphatic rings. The van der Waals surface area contributed by atoms with Gasteiger partial charge in [0.2, 0.25) is 0 Å². The summed E-state index contributed by atoms with van der Waals surface area (Å²) >= 11 is 0. The largest absolute Gasteiger partial charge is 0.393 e. The van der Waals surface area contributed by atoms with Crippen molar-refractivity contribution < 1.29 is 5.11 Å². The fraction of sp³-hybridized carbons (Fsp3) is 0.529. The van der Waals surface area contributed by atoms with Crippen LogP contribution in [0.15, 0.2) is 23.1 Å². The molecule has 3 rings (SSSR count). The van der Waals surface area contributed by atoms with Crippen molar-refractivity contribution in [3.05, 3.63) is 28.7 Å². The maximum Gasteiger partial charge on any atom is 0.262 e. The predicted molar refractivity (Wildman–Crippen MR) is 92.7 cm³/mol. The molecular weight excluding hydrogens is 292 g/mol. The SMILES string of the molecule is CC(C)n1ccc2cc(N)nc(NC3CCC(O)CC3)c2c1=O. The lowest BCUT2D eigenvalue weighted by atomic mass is 9.93. The van der Waals surface area contributed by atoms with Gasteiger partial charge < -0.3 is 20.7 Å². The van der Waals surface area contributed by atoms with Gasteiger partial charge in [-0.2, -0.15) is 0 Å². The van der Waals surface area contributed by atoms with Gasteiger partial charge in [-0.1, -0.05) is 0 Å². The lowest BCUT2D eigenvalue weighted by Crippen LogP contribution is -2.30. The van der Waals surface area contributed by atoms with Gasteiger partial charge in [-0.05, 0) is 57.0 Å². The molecule has 2 heterocycles. The molecule has 0 spiro atoms. The number of fused-ring (bicyclic) bond motifs is 1. The van der Waals surface area contributed by atoms with Crippen LogP contribution in [0.25, 0.3) is 10.8 Å². The van der Waals surface area contributed by atoms with Crippen LogP contribution in [-0.2, 0) is 0 Å². The van der Waals surface area contributed by atoms with Crippen molar-refractivity contribution in [2.24, 2.45) is 0 Å². The number of pyridine rings is 2. The molecule has 0 saturated heterocycles. The van der Waals surface area contributed by atoms with Crippen molar-refractivity contribution in [1.82, 2.24) is 9.55 Å². The Morgan fingerprint density at radius 2 is 2.04 bits per heavy atom. The third-order valence-electron chi connectivity index (χ3n) is 4.53. The van der Waals surface area contributed by atoms with Gasteiger partial charge in [0.25, 0.3) is 5.56 Å². The Hall–Kier alpha value is -2.08. The highest BCUT2D eigenvalue weighted by Crippen LogP contribution is 2.26. The summed E-state index contributed by atoms with van der Waals surface area (Å²) in [6, 6.07) is 3.94. The highest BCUT2D eigenvalue weighted by Gasteiger charge is 2.21. The minimum atomic E-state index is -0.211. The van der Waals surface area contributed by atoms with Crippen molar-refractivity contribution in [2.45, 2.75) is 57.7 Å². The number of aliphatic hydroxyl groups is 1. The molecule has 0 radical (unpaired) electrons. The number of hydrogen-bond acceptors (Lipinski definition) is 5. The summed E-state index contributed by atoms with van der Waals surface area (Å²) in [5.74, 6) is 0.957. The lowest BCUT2D eigenvalue weighted by molar-refractivity contribution is 0.126. The Labute approximate surface area is 135 Å². The normalized spacial score (nSPS) is 21.7. The molecule has 0 amide bonds. The average molecular weight is 316 g/mol. The molecule has 0 unspecified atom stereocenters. The summed E-state index contributed by atoms with van der Waals surface area (Å²) in [4.78, 5) is 17.2. The molecule has 2 aromatic heterocycles. The zero-order valence-electron chi connectivity index (χ0n) is 13.6. The van der Waals surface area contributed by atoms with E-state index in [9.17, 15) is 9.90 Å². The number of anilines is 2. The molecule has 23 heavy (non-hydrogen) atoms. The van der Waals surface area contributed by atoms with E-state index in [0.29, 0.717) is 17.0 Å². The quantitative estimate of drug-likeness (QED) is 0.808. The van der Waals surface area contributed by atoms with E-state index in [0.717, 1.165) is 31.1 Å². The van der Waals surface area contributed by atoms with Crippen LogP contribution in [0.3, 0.4) is 0 Å². The molecule has 1 fully saturated rings.